The maximum Gasteiger partial charge on any atom is 0.336 e. The van der Waals surface area contributed by atoms with Gasteiger partial charge in [0.2, 0.25) is 0 Å². The van der Waals surface area contributed by atoms with Crippen molar-refractivity contribution in [3.8, 4) is 5.75 Å². The Hall–Kier alpha value is -2.44. The van der Waals surface area contributed by atoms with Crippen LogP contribution in [0.3, 0.4) is 0 Å². The first-order valence-electron chi connectivity index (χ1n) is 9.91. The first kappa shape index (κ1) is 19.9. The fourth-order valence-electron chi connectivity index (χ4n) is 3.71. The van der Waals surface area contributed by atoms with E-state index in [2.05, 4.69) is 28.0 Å². The van der Waals surface area contributed by atoms with Crippen molar-refractivity contribution in [3.05, 3.63) is 64.5 Å². The van der Waals surface area contributed by atoms with E-state index in [1.807, 2.05) is 43.0 Å². The standard InChI is InChI=1S/C23H26N2O3S/c1-17-15-23(26)28-22-16-20(7-8-21(17)22)29-14-13-24-9-11-25(12-10-24)18-3-5-19(27-2)6-4-18/h3-8,15-16H,9-14H2,1-2H3. The van der Waals surface area contributed by atoms with Gasteiger partial charge in [-0.05, 0) is 55.0 Å². The van der Waals surface area contributed by atoms with E-state index in [0.717, 1.165) is 60.1 Å². The van der Waals surface area contributed by atoms with Gasteiger partial charge in [-0.3, -0.25) is 4.90 Å². The number of aryl methyl sites for hydroxylation is 1. The summed E-state index contributed by atoms with van der Waals surface area (Å²) in [6.45, 7) is 7.21. The predicted molar refractivity (Wildman–Crippen MR) is 120 cm³/mol. The van der Waals surface area contributed by atoms with Gasteiger partial charge in [0.05, 0.1) is 7.11 Å². The molecule has 0 unspecified atom stereocenters. The molecule has 1 saturated heterocycles. The molecule has 1 aliphatic heterocycles. The average molecular weight is 411 g/mol. The van der Waals surface area contributed by atoms with Gasteiger partial charge in [-0.15, -0.1) is 11.8 Å². The quantitative estimate of drug-likeness (QED) is 0.452. The van der Waals surface area contributed by atoms with Crippen molar-refractivity contribution < 1.29 is 9.15 Å². The number of anilines is 1. The van der Waals surface area contributed by atoms with Crippen LogP contribution < -0.4 is 15.3 Å². The molecule has 0 aliphatic carbocycles. The van der Waals surface area contributed by atoms with Crippen molar-refractivity contribution >= 4 is 28.4 Å². The van der Waals surface area contributed by atoms with Crippen LogP contribution in [0, 0.1) is 6.92 Å². The first-order valence-corrected chi connectivity index (χ1v) is 10.9. The van der Waals surface area contributed by atoms with Crippen LogP contribution in [0.4, 0.5) is 5.69 Å². The third kappa shape index (κ3) is 4.77. The molecule has 0 N–H and O–H groups in total. The maximum absolute atomic E-state index is 11.6. The highest BCUT2D eigenvalue weighted by atomic mass is 32.2. The largest absolute Gasteiger partial charge is 0.497 e. The molecule has 2 aromatic carbocycles. The summed E-state index contributed by atoms with van der Waals surface area (Å²) in [5, 5.41) is 1.00. The smallest absolute Gasteiger partial charge is 0.336 e. The highest BCUT2D eigenvalue weighted by Crippen LogP contribution is 2.25. The van der Waals surface area contributed by atoms with Gasteiger partial charge in [-0.2, -0.15) is 0 Å². The van der Waals surface area contributed by atoms with Gasteiger partial charge in [0.1, 0.15) is 11.3 Å². The molecule has 0 saturated carbocycles. The molecule has 0 radical (unpaired) electrons. The molecule has 3 aromatic rings. The zero-order valence-electron chi connectivity index (χ0n) is 16.9. The summed E-state index contributed by atoms with van der Waals surface area (Å²) in [4.78, 5) is 17.7. The van der Waals surface area contributed by atoms with E-state index < -0.39 is 0 Å². The number of fused-ring (bicyclic) bond motifs is 1. The number of benzene rings is 2. The van der Waals surface area contributed by atoms with Crippen molar-refractivity contribution in [2.45, 2.75) is 11.8 Å². The van der Waals surface area contributed by atoms with Crippen LogP contribution in [0.2, 0.25) is 0 Å². The molecule has 0 spiro atoms. The van der Waals surface area contributed by atoms with E-state index in [9.17, 15) is 4.79 Å². The first-order chi connectivity index (χ1) is 14.1. The Bertz CT molecular complexity index is 1020. The van der Waals surface area contributed by atoms with Gasteiger partial charge in [-0.1, -0.05) is 0 Å². The summed E-state index contributed by atoms with van der Waals surface area (Å²) in [6, 6.07) is 16.0. The van der Waals surface area contributed by atoms with E-state index in [-0.39, 0.29) is 5.63 Å². The summed E-state index contributed by atoms with van der Waals surface area (Å²) in [5.41, 5.74) is 2.61. The molecule has 0 bridgehead atoms. The minimum absolute atomic E-state index is 0.285. The monoisotopic (exact) mass is 410 g/mol. The second-order valence-corrected chi connectivity index (χ2v) is 8.45. The maximum atomic E-state index is 11.6. The zero-order valence-corrected chi connectivity index (χ0v) is 17.7. The second-order valence-electron chi connectivity index (χ2n) is 7.28. The van der Waals surface area contributed by atoms with E-state index in [0.29, 0.717) is 5.58 Å². The normalized spacial score (nSPS) is 15.0. The SMILES string of the molecule is COc1ccc(N2CCN(CCSc3ccc4c(C)cc(=O)oc4c3)CC2)cc1. The molecule has 29 heavy (non-hydrogen) atoms. The molecule has 1 fully saturated rings. The van der Waals surface area contributed by atoms with Crippen molar-refractivity contribution in [2.75, 3.05) is 50.5 Å². The minimum Gasteiger partial charge on any atom is -0.497 e. The van der Waals surface area contributed by atoms with E-state index in [4.69, 9.17) is 9.15 Å². The lowest BCUT2D eigenvalue weighted by atomic mass is 10.1. The number of hydrogen-bond donors (Lipinski definition) is 0. The topological polar surface area (TPSA) is 45.9 Å². The van der Waals surface area contributed by atoms with Gasteiger partial charge in [-0.25, -0.2) is 4.79 Å². The van der Waals surface area contributed by atoms with E-state index in [1.165, 1.54) is 5.69 Å². The Morgan fingerprint density at radius 3 is 2.52 bits per heavy atom. The number of piperazine rings is 1. The van der Waals surface area contributed by atoms with Crippen LogP contribution >= 0.6 is 11.8 Å². The Labute approximate surface area is 175 Å². The molecular weight excluding hydrogens is 384 g/mol. The highest BCUT2D eigenvalue weighted by molar-refractivity contribution is 7.99. The minimum atomic E-state index is -0.285. The molecule has 1 aromatic heterocycles. The number of methoxy groups -OCH3 is 1. The van der Waals surface area contributed by atoms with Crippen LogP contribution in [0.1, 0.15) is 5.56 Å². The third-order valence-electron chi connectivity index (χ3n) is 5.41. The fourth-order valence-corrected chi connectivity index (χ4v) is 4.65. The average Bonchev–Trinajstić information content (AvgIpc) is 2.74. The lowest BCUT2D eigenvalue weighted by Gasteiger charge is -2.36. The van der Waals surface area contributed by atoms with Crippen LogP contribution in [0.15, 0.2) is 62.6 Å². The lowest BCUT2D eigenvalue weighted by Crippen LogP contribution is -2.47. The number of nitrogens with zero attached hydrogens (tertiary/aromatic N) is 2. The Morgan fingerprint density at radius 2 is 1.79 bits per heavy atom. The molecule has 1 aliphatic rings. The summed E-state index contributed by atoms with van der Waals surface area (Å²) in [6.07, 6.45) is 0. The molecular formula is C23H26N2O3S. The molecule has 6 heteroatoms. The summed E-state index contributed by atoms with van der Waals surface area (Å²) < 4.78 is 10.6. The number of thioether (sulfide) groups is 1. The van der Waals surface area contributed by atoms with Crippen LogP contribution in [-0.2, 0) is 0 Å². The zero-order chi connectivity index (χ0) is 20.2. The molecule has 152 valence electrons. The van der Waals surface area contributed by atoms with Crippen molar-refractivity contribution in [3.63, 3.8) is 0 Å². The fraction of sp³-hybridized carbons (Fsp3) is 0.348. The van der Waals surface area contributed by atoms with Crippen molar-refractivity contribution in [1.82, 2.24) is 4.90 Å². The van der Waals surface area contributed by atoms with E-state index in [1.54, 1.807) is 13.2 Å². The number of hydrogen-bond acceptors (Lipinski definition) is 6. The Morgan fingerprint density at radius 1 is 1.03 bits per heavy atom. The summed E-state index contributed by atoms with van der Waals surface area (Å²) in [7, 11) is 1.70. The van der Waals surface area contributed by atoms with Gasteiger partial charge in [0.25, 0.3) is 0 Å². The molecule has 2 heterocycles. The van der Waals surface area contributed by atoms with E-state index >= 15 is 0 Å². The number of ether oxygens (including phenoxy) is 1. The van der Waals surface area contributed by atoms with Crippen molar-refractivity contribution in [2.24, 2.45) is 0 Å². The Kier molecular flexibility index (Phi) is 6.11. The second kappa shape index (κ2) is 8.93. The van der Waals surface area contributed by atoms with Gasteiger partial charge in [0.15, 0.2) is 0 Å². The summed E-state index contributed by atoms with van der Waals surface area (Å²) >= 11 is 1.81. The molecule has 0 atom stereocenters. The number of rotatable bonds is 6. The third-order valence-corrected chi connectivity index (χ3v) is 6.38. The molecule has 0 amide bonds. The van der Waals surface area contributed by atoms with Crippen LogP contribution in [0.5, 0.6) is 5.75 Å². The van der Waals surface area contributed by atoms with Crippen LogP contribution in [-0.4, -0.2) is 50.5 Å². The van der Waals surface area contributed by atoms with Gasteiger partial charge < -0.3 is 14.1 Å². The highest BCUT2D eigenvalue weighted by Gasteiger charge is 2.17. The molecule has 5 nitrogen and oxygen atoms in total. The van der Waals surface area contributed by atoms with Crippen molar-refractivity contribution in [1.29, 1.82) is 0 Å². The summed E-state index contributed by atoms with van der Waals surface area (Å²) in [5.74, 6) is 1.91. The Balaban J connectivity index is 1.27. The molecule has 4 rings (SSSR count). The van der Waals surface area contributed by atoms with Crippen LogP contribution in [0.25, 0.3) is 11.0 Å². The van der Waals surface area contributed by atoms with Gasteiger partial charge >= 0.3 is 5.63 Å². The predicted octanol–water partition coefficient (Wildman–Crippen LogP) is 4.02. The van der Waals surface area contributed by atoms with Gasteiger partial charge in [0, 0.05) is 60.5 Å². The lowest BCUT2D eigenvalue weighted by molar-refractivity contribution is 0.273.